The number of rotatable bonds is 0. The minimum atomic E-state index is -1.08. The molecule has 0 atom stereocenters. The predicted octanol–water partition coefficient (Wildman–Crippen LogP) is -5.73. The Morgan fingerprint density at radius 3 is 1.62 bits per heavy atom. The van der Waals surface area contributed by atoms with Gasteiger partial charge in [-0.25, -0.2) is 0 Å². The zero-order chi connectivity index (χ0) is 6.28. The largest absolute Gasteiger partial charge is 1.00 e. The molecule has 41 valence electrons. The van der Waals surface area contributed by atoms with Gasteiger partial charge in [0.2, 0.25) is 0 Å². The van der Waals surface area contributed by atoms with Crippen LogP contribution in [0.25, 0.3) is 0 Å². The van der Waals surface area contributed by atoms with Gasteiger partial charge in [0.05, 0.1) is 0 Å². The second kappa shape index (κ2) is 15.7. The molecule has 0 aromatic heterocycles. The molecule has 6 heteroatoms. The minimum absolute atomic E-state index is 0. The maximum absolute atomic E-state index is 8.89. The maximum atomic E-state index is 8.89. The van der Waals surface area contributed by atoms with Crippen molar-refractivity contribution >= 4 is 13.7 Å². The fraction of sp³-hybridized carbons (Fsp3) is 0.500. The van der Waals surface area contributed by atoms with Gasteiger partial charge in [-0.05, 0) is 6.92 Å². The third-order valence-electron chi connectivity index (χ3n) is 0. The molecule has 0 unspecified atom stereocenters. The van der Waals surface area contributed by atoms with Crippen molar-refractivity contribution in [3.63, 3.8) is 0 Å². The van der Waals surface area contributed by atoms with Crippen molar-refractivity contribution in [2.75, 3.05) is 0 Å². The van der Waals surface area contributed by atoms with Crippen molar-refractivity contribution in [1.82, 2.24) is 0 Å². The van der Waals surface area contributed by atoms with Gasteiger partial charge in [0.25, 0.3) is 0 Å². The van der Waals surface area contributed by atoms with Gasteiger partial charge in [0, 0.05) is 5.97 Å². The molecule has 2 N–H and O–H groups in total. The Hall–Kier alpha value is 1.09. The number of hydrogen-bond acceptors (Lipinski definition) is 4. The molecule has 0 aliphatic rings. The first kappa shape index (κ1) is 16.0. The Labute approximate surface area is 90.6 Å². The number of carbonyl (C=O) groups is 1. The summed E-state index contributed by atoms with van der Waals surface area (Å²) in [6.07, 6.45) is 0. The molecule has 0 saturated carbocycles. The van der Waals surface area contributed by atoms with E-state index in [1.165, 1.54) is 0 Å². The van der Waals surface area contributed by atoms with Crippen molar-refractivity contribution in [3.8, 4) is 0 Å². The van der Waals surface area contributed by atoms with Crippen LogP contribution in [0.3, 0.4) is 0 Å². The van der Waals surface area contributed by atoms with E-state index in [2.05, 4.69) is 0 Å². The van der Waals surface area contributed by atoms with Crippen LogP contribution in [0.5, 0.6) is 0 Å². The summed E-state index contributed by atoms with van der Waals surface area (Å²) in [6.45, 7) is 0.972. The van der Waals surface area contributed by atoms with Crippen LogP contribution in [0.15, 0.2) is 0 Å². The molecule has 8 heavy (non-hydrogen) atoms. The summed E-state index contributed by atoms with van der Waals surface area (Å²) in [5.41, 5.74) is 0. The Morgan fingerprint density at radius 2 is 1.62 bits per heavy atom. The third-order valence-corrected chi connectivity index (χ3v) is 0. The molecule has 0 bridgehead atoms. The number of hydrogen-bond donors (Lipinski definition) is 2. The van der Waals surface area contributed by atoms with Crippen LogP contribution in [0.4, 0.5) is 0 Å². The van der Waals surface area contributed by atoms with E-state index < -0.39 is 5.97 Å². The van der Waals surface area contributed by atoms with Gasteiger partial charge in [-0.1, -0.05) is 0 Å². The average molecular weight is 143 g/mol. The van der Waals surface area contributed by atoms with Crippen LogP contribution in [0.1, 0.15) is 6.92 Å². The molecular formula is C2H5BKO4. The Balaban J connectivity index is -0.0000000575. The molecule has 0 rings (SSSR count). The maximum Gasteiger partial charge on any atom is 1.00 e. The van der Waals surface area contributed by atoms with Crippen LogP contribution >= 0.6 is 0 Å². The zero-order valence-electron chi connectivity index (χ0n) is 4.79. The van der Waals surface area contributed by atoms with E-state index >= 15 is 0 Å². The van der Waals surface area contributed by atoms with Gasteiger partial charge >= 0.3 is 59.1 Å². The second-order valence-electron chi connectivity index (χ2n) is 0.607. The van der Waals surface area contributed by atoms with E-state index in [0.29, 0.717) is 0 Å². The molecule has 0 spiro atoms. The van der Waals surface area contributed by atoms with Gasteiger partial charge in [0.15, 0.2) is 0 Å². The van der Waals surface area contributed by atoms with Crippen molar-refractivity contribution in [3.05, 3.63) is 0 Å². The number of carboxylic acid groups (broad SMARTS) is 1. The SMILES string of the molecule is CC(=O)[O-].O[B]O.[K+]. The molecule has 0 saturated heterocycles. The molecule has 0 aliphatic heterocycles. The van der Waals surface area contributed by atoms with E-state index in [1.54, 1.807) is 0 Å². The average Bonchev–Trinajstić information content (AvgIpc) is 1.33. The van der Waals surface area contributed by atoms with Crippen LogP contribution < -0.4 is 56.5 Å². The fourth-order valence-corrected chi connectivity index (χ4v) is 0. The molecule has 0 heterocycles. The van der Waals surface area contributed by atoms with Gasteiger partial charge in [-0.15, -0.1) is 0 Å². The van der Waals surface area contributed by atoms with Crippen molar-refractivity contribution < 1.29 is 71.3 Å². The predicted molar refractivity (Wildman–Crippen MR) is 20.9 cm³/mol. The minimum Gasteiger partial charge on any atom is -0.550 e. The topological polar surface area (TPSA) is 80.6 Å². The van der Waals surface area contributed by atoms with Crippen LogP contribution in [0.2, 0.25) is 0 Å². The number of carbonyl (C=O) groups excluding carboxylic acids is 1. The monoisotopic (exact) mass is 143 g/mol. The molecule has 0 amide bonds. The summed E-state index contributed by atoms with van der Waals surface area (Å²) in [7, 11) is 0. The summed E-state index contributed by atoms with van der Waals surface area (Å²) in [5.74, 6) is -1.08. The standard InChI is InChI=1S/C2H4O2.BH2O2.K/c1-2(3)4;2-1-3;/h1H3,(H,3,4);2-3H;/q;;+1/p-1. The fourth-order valence-electron chi connectivity index (χ4n) is 0. The third kappa shape index (κ3) is 221. The summed E-state index contributed by atoms with van der Waals surface area (Å²) in [6, 6.07) is 0. The van der Waals surface area contributed by atoms with Gasteiger partial charge in [-0.3, -0.25) is 0 Å². The molecule has 0 aromatic rings. The van der Waals surface area contributed by atoms with E-state index in [4.69, 9.17) is 19.9 Å². The van der Waals surface area contributed by atoms with Crippen molar-refractivity contribution in [2.24, 2.45) is 0 Å². The van der Waals surface area contributed by atoms with Crippen LogP contribution in [-0.2, 0) is 4.79 Å². The molecule has 0 aromatic carbocycles. The molecule has 1 radical (unpaired) electrons. The summed E-state index contributed by atoms with van der Waals surface area (Å²) >= 11 is 0. The van der Waals surface area contributed by atoms with Crippen molar-refractivity contribution in [1.29, 1.82) is 0 Å². The molecule has 0 aliphatic carbocycles. The van der Waals surface area contributed by atoms with Crippen LogP contribution in [0, 0.1) is 0 Å². The summed E-state index contributed by atoms with van der Waals surface area (Å²) in [4.78, 5) is 8.89. The normalized spacial score (nSPS) is 4.88. The summed E-state index contributed by atoms with van der Waals surface area (Å²) in [5, 5.41) is 22.9. The summed E-state index contributed by atoms with van der Waals surface area (Å²) < 4.78 is 0. The van der Waals surface area contributed by atoms with Crippen LogP contribution in [-0.4, -0.2) is 23.7 Å². The molecular weight excluding hydrogens is 138 g/mol. The van der Waals surface area contributed by atoms with E-state index in [1.807, 2.05) is 0 Å². The first-order valence-electron chi connectivity index (χ1n) is 1.42. The van der Waals surface area contributed by atoms with E-state index in [-0.39, 0.29) is 59.1 Å². The van der Waals surface area contributed by atoms with Gasteiger partial charge in [-0.2, -0.15) is 0 Å². The quantitative estimate of drug-likeness (QED) is 0.331. The second-order valence-corrected chi connectivity index (χ2v) is 0.607. The van der Waals surface area contributed by atoms with E-state index in [0.717, 1.165) is 6.92 Å². The number of carboxylic acids is 1. The smallest absolute Gasteiger partial charge is 0.550 e. The molecule has 0 fully saturated rings. The number of aliphatic carboxylic acids is 1. The first-order chi connectivity index (χ1) is 3.15. The first-order valence-corrected chi connectivity index (χ1v) is 1.42. The molecule has 4 nitrogen and oxygen atoms in total. The van der Waals surface area contributed by atoms with Crippen molar-refractivity contribution in [2.45, 2.75) is 6.92 Å². The van der Waals surface area contributed by atoms with Gasteiger partial charge in [0.1, 0.15) is 0 Å². The Kier molecular flexibility index (Phi) is 31.5. The zero-order valence-corrected chi connectivity index (χ0v) is 7.91. The Bertz CT molecular complexity index is 45.3. The Morgan fingerprint density at radius 1 is 1.62 bits per heavy atom. The van der Waals surface area contributed by atoms with E-state index in [9.17, 15) is 0 Å². The van der Waals surface area contributed by atoms with Gasteiger partial charge < -0.3 is 19.9 Å².